The van der Waals surface area contributed by atoms with Gasteiger partial charge in [-0.3, -0.25) is 5.32 Å². The molecule has 0 radical (unpaired) electrons. The van der Waals surface area contributed by atoms with Gasteiger partial charge in [-0.15, -0.1) is 4.91 Å². The van der Waals surface area contributed by atoms with E-state index in [1.807, 2.05) is 6.08 Å². The Kier molecular flexibility index (Phi) is 7.77. The lowest BCUT2D eigenvalue weighted by Crippen LogP contribution is -2.47. The van der Waals surface area contributed by atoms with Crippen molar-refractivity contribution in [2.45, 2.75) is 70.9 Å². The van der Waals surface area contributed by atoms with Crippen LogP contribution >= 0.6 is 0 Å². The molecule has 2 aliphatic rings. The minimum Gasteiger partial charge on any atom is -0.381 e. The predicted molar refractivity (Wildman–Crippen MR) is 119 cm³/mol. The van der Waals surface area contributed by atoms with E-state index in [0.29, 0.717) is 12.1 Å². The van der Waals surface area contributed by atoms with Crippen molar-refractivity contribution < 1.29 is 4.74 Å². The number of rotatable bonds is 9. The second-order valence-electron chi connectivity index (χ2n) is 8.22. The number of hydrogen-bond donors (Lipinski definition) is 4. The van der Waals surface area contributed by atoms with E-state index in [9.17, 15) is 4.91 Å². The van der Waals surface area contributed by atoms with Crippen molar-refractivity contribution in [3.05, 3.63) is 39.3 Å². The third-order valence-corrected chi connectivity index (χ3v) is 5.94. The molecule has 3 atom stereocenters. The Labute approximate surface area is 173 Å². The van der Waals surface area contributed by atoms with Crippen LogP contribution in [-0.4, -0.2) is 44.2 Å². The molecule has 2 aliphatic heterocycles. The zero-order valence-electron chi connectivity index (χ0n) is 17.8. The Morgan fingerprint density at radius 3 is 2.76 bits per heavy atom. The summed E-state index contributed by atoms with van der Waals surface area (Å²) in [5.41, 5.74) is 11.3. The largest absolute Gasteiger partial charge is 0.381 e. The fourth-order valence-corrected chi connectivity index (χ4v) is 4.29. The Bertz CT molecular complexity index is 730. The van der Waals surface area contributed by atoms with Gasteiger partial charge in [-0.25, -0.2) is 0 Å². The molecule has 0 aromatic heterocycles. The molecular formula is C22H35N5O2. The molecule has 0 spiro atoms. The van der Waals surface area contributed by atoms with Gasteiger partial charge in [0.05, 0.1) is 0 Å². The first-order valence-corrected chi connectivity index (χ1v) is 10.8. The second kappa shape index (κ2) is 10.3. The fraction of sp³-hybridized carbons (Fsp3) is 0.636. The van der Waals surface area contributed by atoms with Gasteiger partial charge in [0.1, 0.15) is 6.17 Å². The summed E-state index contributed by atoms with van der Waals surface area (Å²) in [5, 5.41) is 13.9. The molecular weight excluding hydrogens is 366 g/mol. The van der Waals surface area contributed by atoms with Crippen molar-refractivity contribution in [1.82, 2.24) is 10.6 Å². The van der Waals surface area contributed by atoms with Crippen LogP contribution in [0.15, 0.2) is 22.9 Å². The topological polar surface area (TPSA) is 101 Å². The number of aryl methyl sites for hydroxylation is 2. The van der Waals surface area contributed by atoms with Gasteiger partial charge in [0.2, 0.25) is 0 Å². The first kappa shape index (κ1) is 21.9. The summed E-state index contributed by atoms with van der Waals surface area (Å²) in [6, 6.07) is 5.26. The Morgan fingerprint density at radius 1 is 1.31 bits per heavy atom. The minimum atomic E-state index is -0.865. The van der Waals surface area contributed by atoms with E-state index in [4.69, 9.17) is 10.5 Å². The van der Waals surface area contributed by atoms with Gasteiger partial charge in [0.25, 0.3) is 0 Å². The molecule has 1 aromatic carbocycles. The number of nitrogens with zero attached hydrogens (tertiary/aromatic N) is 1. The summed E-state index contributed by atoms with van der Waals surface area (Å²) < 4.78 is 5.45. The number of fused-ring (bicyclic) bond motifs is 1. The number of benzene rings is 1. The first-order chi connectivity index (χ1) is 14.0. The van der Waals surface area contributed by atoms with Gasteiger partial charge in [0, 0.05) is 36.6 Å². The van der Waals surface area contributed by atoms with E-state index in [2.05, 4.69) is 54.0 Å². The molecule has 0 amide bonds. The number of anilines is 1. The molecule has 3 unspecified atom stereocenters. The van der Waals surface area contributed by atoms with E-state index in [0.717, 1.165) is 62.3 Å². The van der Waals surface area contributed by atoms with E-state index >= 15 is 0 Å². The highest BCUT2D eigenvalue weighted by Crippen LogP contribution is 2.31. The SMILES string of the molecule is CCC(CCNC1Nc2c(C)cc(C)cc2C=C1C(N)N=O)NC1CCOCC1. The maximum absolute atomic E-state index is 11.2. The average molecular weight is 402 g/mol. The molecule has 0 bridgehead atoms. The number of hydrogen-bond acceptors (Lipinski definition) is 7. The zero-order valence-corrected chi connectivity index (χ0v) is 17.8. The van der Waals surface area contributed by atoms with Gasteiger partial charge < -0.3 is 21.1 Å². The predicted octanol–water partition coefficient (Wildman–Crippen LogP) is 3.02. The maximum atomic E-state index is 11.2. The second-order valence-corrected chi connectivity index (χ2v) is 8.22. The normalized spacial score (nSPS) is 21.7. The van der Waals surface area contributed by atoms with Crippen molar-refractivity contribution in [3.63, 3.8) is 0 Å². The summed E-state index contributed by atoms with van der Waals surface area (Å²) in [5.74, 6) is 0. The van der Waals surface area contributed by atoms with E-state index in [1.165, 1.54) is 11.1 Å². The standard InChI is InChI=1S/C22H35N5O2/c1-4-17(25-18-6-9-29-10-7-18)5-8-24-22-19(21(23)27-28)13-16-12-14(2)11-15(3)20(16)26-22/h11-13,17-18,21-22,24-26H,4-10,23H2,1-3H3. The van der Waals surface area contributed by atoms with Gasteiger partial charge in [-0.1, -0.05) is 18.6 Å². The van der Waals surface area contributed by atoms with Crippen LogP contribution in [0, 0.1) is 18.8 Å². The summed E-state index contributed by atoms with van der Waals surface area (Å²) in [6.07, 6.45) is 5.19. The van der Waals surface area contributed by atoms with Crippen LogP contribution in [0.2, 0.25) is 0 Å². The molecule has 1 saturated heterocycles. The monoisotopic (exact) mass is 401 g/mol. The fourth-order valence-electron chi connectivity index (χ4n) is 4.29. The van der Waals surface area contributed by atoms with Gasteiger partial charge >= 0.3 is 0 Å². The van der Waals surface area contributed by atoms with Crippen LogP contribution in [0.4, 0.5) is 5.69 Å². The number of nitroso groups, excluding NO2 is 1. The lowest BCUT2D eigenvalue weighted by atomic mass is 9.95. The molecule has 5 N–H and O–H groups in total. The molecule has 7 heteroatoms. The highest BCUT2D eigenvalue weighted by molar-refractivity contribution is 5.76. The van der Waals surface area contributed by atoms with Crippen LogP contribution in [0.25, 0.3) is 6.08 Å². The molecule has 1 aromatic rings. The van der Waals surface area contributed by atoms with Crippen molar-refractivity contribution in [1.29, 1.82) is 0 Å². The molecule has 2 heterocycles. The Morgan fingerprint density at radius 2 is 2.07 bits per heavy atom. The summed E-state index contributed by atoms with van der Waals surface area (Å²) in [7, 11) is 0. The third-order valence-electron chi connectivity index (χ3n) is 5.94. The van der Waals surface area contributed by atoms with Gasteiger partial charge in [0.15, 0.2) is 6.17 Å². The maximum Gasteiger partial charge on any atom is 0.165 e. The highest BCUT2D eigenvalue weighted by atomic mass is 16.5. The van der Waals surface area contributed by atoms with E-state index in [-0.39, 0.29) is 6.17 Å². The van der Waals surface area contributed by atoms with Crippen LogP contribution in [0.3, 0.4) is 0 Å². The number of nitrogens with two attached hydrogens (primary N) is 1. The van der Waals surface area contributed by atoms with E-state index in [1.54, 1.807) is 0 Å². The summed E-state index contributed by atoms with van der Waals surface area (Å²) in [6.45, 7) is 8.89. The van der Waals surface area contributed by atoms with Crippen LogP contribution in [0.1, 0.15) is 49.3 Å². The molecule has 0 aliphatic carbocycles. The number of nitrogens with one attached hydrogen (secondary N) is 3. The van der Waals surface area contributed by atoms with Crippen LogP contribution in [0.5, 0.6) is 0 Å². The molecule has 29 heavy (non-hydrogen) atoms. The van der Waals surface area contributed by atoms with Gasteiger partial charge in [-0.2, -0.15) is 0 Å². The average Bonchev–Trinajstić information content (AvgIpc) is 2.73. The third kappa shape index (κ3) is 5.63. The van der Waals surface area contributed by atoms with Crippen molar-refractivity contribution in [2.75, 3.05) is 25.1 Å². The van der Waals surface area contributed by atoms with Crippen molar-refractivity contribution in [2.24, 2.45) is 10.9 Å². The summed E-state index contributed by atoms with van der Waals surface area (Å²) >= 11 is 0. The van der Waals surface area contributed by atoms with Crippen molar-refractivity contribution in [3.8, 4) is 0 Å². The lowest BCUT2D eigenvalue weighted by Gasteiger charge is -2.32. The van der Waals surface area contributed by atoms with Crippen molar-refractivity contribution >= 4 is 11.8 Å². The zero-order chi connectivity index (χ0) is 20.8. The molecule has 0 saturated carbocycles. The molecule has 160 valence electrons. The summed E-state index contributed by atoms with van der Waals surface area (Å²) in [4.78, 5) is 11.2. The molecule has 3 rings (SSSR count). The van der Waals surface area contributed by atoms with Crippen LogP contribution in [-0.2, 0) is 4.74 Å². The van der Waals surface area contributed by atoms with Gasteiger partial charge in [-0.05, 0) is 74.5 Å². The van der Waals surface area contributed by atoms with Crippen LogP contribution < -0.4 is 21.7 Å². The smallest absolute Gasteiger partial charge is 0.165 e. The first-order valence-electron chi connectivity index (χ1n) is 10.8. The minimum absolute atomic E-state index is 0.197. The molecule has 1 fully saturated rings. The highest BCUT2D eigenvalue weighted by Gasteiger charge is 2.26. The Balaban J connectivity index is 1.63. The Hall–Kier alpha value is -1.80. The number of ether oxygens (including phenoxy) is 1. The molecule has 7 nitrogen and oxygen atoms in total. The van der Waals surface area contributed by atoms with E-state index < -0.39 is 6.17 Å². The lowest BCUT2D eigenvalue weighted by molar-refractivity contribution is 0.0743. The quantitative estimate of drug-likeness (QED) is 0.475.